The van der Waals surface area contributed by atoms with Crippen LogP contribution in [0.3, 0.4) is 0 Å². The second-order valence-corrected chi connectivity index (χ2v) is 30.9. The fourth-order valence-electron chi connectivity index (χ4n) is 11.8. The Hall–Kier alpha value is -1.94. The molecule has 6 atom stereocenters. The van der Waals surface area contributed by atoms with Gasteiger partial charge in [0.25, 0.3) is 0 Å². The van der Waals surface area contributed by atoms with Crippen LogP contribution in [0.1, 0.15) is 407 Å². The van der Waals surface area contributed by atoms with Crippen molar-refractivity contribution in [2.75, 3.05) is 39.6 Å². The zero-order chi connectivity index (χ0) is 70.5. The minimum atomic E-state index is -4.96. The van der Waals surface area contributed by atoms with Gasteiger partial charge in [-0.15, -0.1) is 0 Å². The number of ether oxygens (including phenoxy) is 4. The number of phosphoric acid groups is 2. The molecule has 19 heteroatoms. The molecule has 0 fully saturated rings. The molecule has 3 N–H and O–H groups in total. The van der Waals surface area contributed by atoms with Gasteiger partial charge in [0.15, 0.2) is 12.2 Å². The van der Waals surface area contributed by atoms with Gasteiger partial charge in [-0.3, -0.25) is 37.3 Å². The lowest BCUT2D eigenvalue weighted by Gasteiger charge is -2.21. The molecule has 96 heavy (non-hydrogen) atoms. The van der Waals surface area contributed by atoms with E-state index in [2.05, 4.69) is 34.6 Å². The highest BCUT2D eigenvalue weighted by Gasteiger charge is 2.30. The molecule has 0 aliphatic rings. The maximum absolute atomic E-state index is 13.1. The van der Waals surface area contributed by atoms with Crippen LogP contribution in [0, 0.1) is 5.92 Å². The molecule has 0 aliphatic carbocycles. The average molecular weight is 1410 g/mol. The predicted octanol–water partition coefficient (Wildman–Crippen LogP) is 22.9. The van der Waals surface area contributed by atoms with Gasteiger partial charge < -0.3 is 33.8 Å². The van der Waals surface area contributed by atoms with Crippen LogP contribution >= 0.6 is 15.6 Å². The molecule has 0 bridgehead atoms. The van der Waals surface area contributed by atoms with Gasteiger partial charge in [0, 0.05) is 25.7 Å². The summed E-state index contributed by atoms with van der Waals surface area (Å²) in [6, 6.07) is 0. The van der Waals surface area contributed by atoms with Crippen molar-refractivity contribution in [3.63, 3.8) is 0 Å². The smallest absolute Gasteiger partial charge is 0.462 e. The SMILES string of the molecule is CCCCCCCCCCCCCCCCCCCC(=O)O[C@H](COC(=O)CCCCCCCCCCCCCCCCC)COP(=O)(O)OC[C@@H](O)COP(=O)(O)OC[C@@H](COC(=O)CCCCCCCCC(C)CC)OC(=O)CCCCCCCCCCCCCCCC. The van der Waals surface area contributed by atoms with Crippen LogP contribution in [-0.2, 0) is 65.4 Å². The molecule has 17 nitrogen and oxygen atoms in total. The Morgan fingerprint density at radius 3 is 0.740 bits per heavy atom. The Balaban J connectivity index is 5.25. The van der Waals surface area contributed by atoms with Crippen molar-refractivity contribution in [1.82, 2.24) is 0 Å². The van der Waals surface area contributed by atoms with Gasteiger partial charge in [0.05, 0.1) is 26.4 Å². The van der Waals surface area contributed by atoms with E-state index in [-0.39, 0.29) is 25.7 Å². The van der Waals surface area contributed by atoms with Gasteiger partial charge in [0.1, 0.15) is 19.3 Å². The van der Waals surface area contributed by atoms with Crippen LogP contribution in [0.25, 0.3) is 0 Å². The minimum Gasteiger partial charge on any atom is -0.462 e. The number of hydrogen-bond donors (Lipinski definition) is 3. The van der Waals surface area contributed by atoms with E-state index in [4.69, 9.17) is 37.0 Å². The minimum absolute atomic E-state index is 0.107. The van der Waals surface area contributed by atoms with E-state index in [1.165, 1.54) is 225 Å². The summed E-state index contributed by atoms with van der Waals surface area (Å²) in [6.45, 7) is 7.27. The van der Waals surface area contributed by atoms with E-state index in [9.17, 15) is 43.2 Å². The van der Waals surface area contributed by atoms with Crippen LogP contribution < -0.4 is 0 Å². The molecular weight excluding hydrogens is 1260 g/mol. The number of aliphatic hydroxyl groups is 1. The average Bonchev–Trinajstić information content (AvgIpc) is 1.50. The van der Waals surface area contributed by atoms with Crippen LogP contribution in [0.4, 0.5) is 0 Å². The Labute approximate surface area is 588 Å². The fraction of sp³-hybridized carbons (Fsp3) is 0.948. The summed E-state index contributed by atoms with van der Waals surface area (Å²) in [6.07, 6.45) is 59.6. The number of unbranched alkanes of at least 4 members (excludes halogenated alkanes) is 48. The molecule has 0 spiro atoms. The third-order valence-corrected chi connectivity index (χ3v) is 20.3. The number of aliphatic hydroxyl groups excluding tert-OH is 1. The third-order valence-electron chi connectivity index (χ3n) is 18.4. The first-order valence-electron chi connectivity index (χ1n) is 40.2. The van der Waals surface area contributed by atoms with Crippen molar-refractivity contribution in [1.29, 1.82) is 0 Å². The molecule has 0 aromatic rings. The van der Waals surface area contributed by atoms with Crippen molar-refractivity contribution in [2.24, 2.45) is 5.92 Å². The van der Waals surface area contributed by atoms with Crippen LogP contribution in [0.2, 0.25) is 0 Å². The second-order valence-electron chi connectivity index (χ2n) is 28.0. The lowest BCUT2D eigenvalue weighted by Crippen LogP contribution is -2.30. The Morgan fingerprint density at radius 1 is 0.292 bits per heavy atom. The molecule has 0 heterocycles. The van der Waals surface area contributed by atoms with Crippen molar-refractivity contribution in [2.45, 2.75) is 425 Å². The van der Waals surface area contributed by atoms with Crippen molar-refractivity contribution >= 4 is 39.5 Å². The summed E-state index contributed by atoms with van der Waals surface area (Å²) in [5.41, 5.74) is 0. The van der Waals surface area contributed by atoms with E-state index >= 15 is 0 Å². The van der Waals surface area contributed by atoms with E-state index in [1.807, 2.05) is 0 Å². The first kappa shape index (κ1) is 94.1. The highest BCUT2D eigenvalue weighted by Crippen LogP contribution is 2.45. The maximum Gasteiger partial charge on any atom is 0.472 e. The molecule has 570 valence electrons. The zero-order valence-corrected chi connectivity index (χ0v) is 64.3. The molecular formula is C77H150O17P2. The molecule has 0 rings (SSSR count). The van der Waals surface area contributed by atoms with Crippen LogP contribution in [-0.4, -0.2) is 96.7 Å². The predicted molar refractivity (Wildman–Crippen MR) is 391 cm³/mol. The Kier molecular flexibility index (Phi) is 68.7. The van der Waals surface area contributed by atoms with Crippen LogP contribution in [0.15, 0.2) is 0 Å². The standard InChI is InChI=1S/C77H150O17P2/c1-6-10-13-16-19-22-25-28-31-32-34-37-40-43-46-53-58-63-76(81)93-72(66-87-74(79)60-55-50-44-41-38-36-33-29-26-23-20-17-14-11-7-2)68-91-95(83,84)89-64-71(78)65-90-96(85,86)92-69-73(67-88-75(80)61-56-51-48-47-49-54-59-70(5)9-4)94-77(82)62-57-52-45-42-39-35-30-27-24-21-18-15-12-8-3/h70-73,78H,6-69H2,1-5H3,(H,83,84)(H,85,86)/t70?,71-,72-,73-/m1/s1. The number of rotatable bonds is 77. The second kappa shape index (κ2) is 70.1. The van der Waals surface area contributed by atoms with Crippen LogP contribution in [0.5, 0.6) is 0 Å². The lowest BCUT2D eigenvalue weighted by atomic mass is 10.00. The molecule has 0 saturated heterocycles. The summed E-state index contributed by atoms with van der Waals surface area (Å²) in [4.78, 5) is 72.9. The fourth-order valence-corrected chi connectivity index (χ4v) is 13.4. The number of carbonyl (C=O) groups is 4. The molecule has 3 unspecified atom stereocenters. The lowest BCUT2D eigenvalue weighted by molar-refractivity contribution is -0.161. The molecule has 0 aromatic heterocycles. The Morgan fingerprint density at radius 2 is 0.500 bits per heavy atom. The quantitative estimate of drug-likeness (QED) is 0.0222. The molecule has 0 radical (unpaired) electrons. The largest absolute Gasteiger partial charge is 0.472 e. The summed E-state index contributed by atoms with van der Waals surface area (Å²) in [7, 11) is -9.91. The zero-order valence-electron chi connectivity index (χ0n) is 62.5. The number of phosphoric ester groups is 2. The monoisotopic (exact) mass is 1410 g/mol. The summed E-state index contributed by atoms with van der Waals surface area (Å²) < 4.78 is 68.6. The molecule has 0 saturated carbocycles. The maximum atomic E-state index is 13.1. The van der Waals surface area contributed by atoms with E-state index in [0.717, 1.165) is 102 Å². The van der Waals surface area contributed by atoms with E-state index in [1.54, 1.807) is 0 Å². The van der Waals surface area contributed by atoms with Crippen molar-refractivity contribution < 1.29 is 80.2 Å². The van der Waals surface area contributed by atoms with Gasteiger partial charge in [-0.25, -0.2) is 9.13 Å². The molecule has 0 aliphatic heterocycles. The van der Waals surface area contributed by atoms with Gasteiger partial charge in [0.2, 0.25) is 0 Å². The third kappa shape index (κ3) is 69.2. The normalized spacial score (nSPS) is 14.2. The number of esters is 4. The van der Waals surface area contributed by atoms with Crippen molar-refractivity contribution in [3.8, 4) is 0 Å². The highest BCUT2D eigenvalue weighted by atomic mass is 31.2. The van der Waals surface area contributed by atoms with Crippen molar-refractivity contribution in [3.05, 3.63) is 0 Å². The topological polar surface area (TPSA) is 237 Å². The van der Waals surface area contributed by atoms with E-state index in [0.29, 0.717) is 25.7 Å². The van der Waals surface area contributed by atoms with Gasteiger partial charge >= 0.3 is 39.5 Å². The number of carbonyl (C=O) groups excluding carboxylic acids is 4. The molecule has 0 amide bonds. The van der Waals surface area contributed by atoms with Gasteiger partial charge in [-0.1, -0.05) is 356 Å². The molecule has 0 aromatic carbocycles. The highest BCUT2D eigenvalue weighted by molar-refractivity contribution is 7.47. The van der Waals surface area contributed by atoms with Gasteiger partial charge in [-0.05, 0) is 31.6 Å². The first-order valence-corrected chi connectivity index (χ1v) is 43.2. The Bertz CT molecular complexity index is 1840. The summed E-state index contributed by atoms with van der Waals surface area (Å²) >= 11 is 0. The number of hydrogen-bond acceptors (Lipinski definition) is 15. The van der Waals surface area contributed by atoms with E-state index < -0.39 is 97.5 Å². The first-order chi connectivity index (χ1) is 46.6. The summed E-state index contributed by atoms with van der Waals surface area (Å²) in [5, 5.41) is 10.6. The van der Waals surface area contributed by atoms with Gasteiger partial charge in [-0.2, -0.15) is 0 Å². The summed E-state index contributed by atoms with van der Waals surface area (Å²) in [5.74, 6) is -1.38.